The van der Waals surface area contributed by atoms with Crippen LogP contribution in [-0.4, -0.2) is 28.9 Å². The average Bonchev–Trinajstić information content (AvgIpc) is 3.22. The van der Waals surface area contributed by atoms with Gasteiger partial charge in [0, 0.05) is 17.4 Å². The second-order valence-electron chi connectivity index (χ2n) is 8.09. The molecule has 0 aromatic carbocycles. The summed E-state index contributed by atoms with van der Waals surface area (Å²) in [5, 5.41) is 21.2. The van der Waals surface area contributed by atoms with Crippen molar-refractivity contribution in [3.05, 3.63) is 36.3 Å². The molecule has 0 bridgehead atoms. The number of hydrogen-bond acceptors (Lipinski definition) is 5. The fourth-order valence-corrected chi connectivity index (χ4v) is 5.87. The molecular formula is C20H26O5. The van der Waals surface area contributed by atoms with Crippen molar-refractivity contribution in [1.29, 1.82) is 0 Å². The summed E-state index contributed by atoms with van der Waals surface area (Å²) in [5.41, 5.74) is 0.264. The van der Waals surface area contributed by atoms with Crippen molar-refractivity contribution in [2.45, 2.75) is 51.2 Å². The molecule has 1 aromatic rings. The van der Waals surface area contributed by atoms with Gasteiger partial charge in [0.05, 0.1) is 30.7 Å². The van der Waals surface area contributed by atoms with Crippen LogP contribution < -0.4 is 0 Å². The molecule has 1 spiro atoms. The van der Waals surface area contributed by atoms with Gasteiger partial charge in [-0.3, -0.25) is 4.79 Å². The first-order chi connectivity index (χ1) is 12.0. The van der Waals surface area contributed by atoms with Crippen molar-refractivity contribution < 1.29 is 24.2 Å². The second-order valence-corrected chi connectivity index (χ2v) is 8.09. The molecule has 1 aliphatic heterocycles. The molecule has 3 aliphatic rings. The van der Waals surface area contributed by atoms with Crippen LogP contribution in [0.15, 0.2) is 35.2 Å². The summed E-state index contributed by atoms with van der Waals surface area (Å²) >= 11 is 0. The topological polar surface area (TPSA) is 79.9 Å². The number of hydrogen-bond donors (Lipinski definition) is 2. The number of cyclic esters (lactones) is 1. The van der Waals surface area contributed by atoms with Crippen molar-refractivity contribution in [1.82, 2.24) is 0 Å². The number of carbonyl (C=O) groups is 1. The van der Waals surface area contributed by atoms with E-state index in [9.17, 15) is 15.0 Å². The number of rotatable bonds is 2. The van der Waals surface area contributed by atoms with Crippen LogP contribution in [0.4, 0.5) is 0 Å². The molecule has 2 saturated carbocycles. The highest BCUT2D eigenvalue weighted by Gasteiger charge is 2.68. The number of ether oxygens (including phenoxy) is 1. The van der Waals surface area contributed by atoms with Gasteiger partial charge in [-0.05, 0) is 43.6 Å². The van der Waals surface area contributed by atoms with E-state index in [0.29, 0.717) is 12.8 Å². The van der Waals surface area contributed by atoms with E-state index in [0.717, 1.165) is 30.4 Å². The van der Waals surface area contributed by atoms with Gasteiger partial charge in [-0.25, -0.2) is 0 Å². The maximum Gasteiger partial charge on any atom is 0.313 e. The van der Waals surface area contributed by atoms with Crippen molar-refractivity contribution in [2.75, 3.05) is 6.61 Å². The van der Waals surface area contributed by atoms with Crippen molar-refractivity contribution >= 4 is 5.97 Å². The minimum absolute atomic E-state index is 0.0116. The largest absolute Gasteiger partial charge is 0.472 e. The molecule has 3 fully saturated rings. The molecule has 136 valence electrons. The summed E-state index contributed by atoms with van der Waals surface area (Å²) in [6.45, 7) is 6.04. The fourth-order valence-electron chi connectivity index (χ4n) is 5.87. The Labute approximate surface area is 147 Å². The predicted octanol–water partition coefficient (Wildman–Crippen LogP) is 2.99. The quantitative estimate of drug-likeness (QED) is 0.636. The smallest absolute Gasteiger partial charge is 0.313 e. The molecule has 2 heterocycles. The summed E-state index contributed by atoms with van der Waals surface area (Å²) in [5.74, 6) is -0.354. The zero-order chi connectivity index (χ0) is 17.8. The van der Waals surface area contributed by atoms with Gasteiger partial charge in [-0.2, -0.15) is 0 Å². The standard InChI is InChI=1S/C20H26O5/c1-12-4-3-5-16-19(13(2)8-17(22)20(12,16)11-21)9-15(25-18(19)23)14-6-7-24-10-14/h6-7,10,13,15-17,21-22H,1,3-5,8-9,11H2,2H3/t13-,15+,16-,17+,19+,20+/m1/s1. The normalized spacial score (nSPS) is 44.0. The number of aliphatic hydroxyl groups excluding tert-OH is 2. The average molecular weight is 346 g/mol. The van der Waals surface area contributed by atoms with Gasteiger partial charge in [0.1, 0.15) is 6.10 Å². The molecule has 4 rings (SSSR count). The highest BCUT2D eigenvalue weighted by atomic mass is 16.6. The highest BCUT2D eigenvalue weighted by molar-refractivity contribution is 5.81. The van der Waals surface area contributed by atoms with Gasteiger partial charge in [0.15, 0.2) is 0 Å². The maximum atomic E-state index is 13.1. The minimum Gasteiger partial charge on any atom is -0.472 e. The number of fused-ring (bicyclic) bond motifs is 2. The van der Waals surface area contributed by atoms with Crippen molar-refractivity contribution in [2.24, 2.45) is 22.7 Å². The molecule has 2 aliphatic carbocycles. The minimum atomic E-state index is -0.797. The van der Waals surface area contributed by atoms with Gasteiger partial charge < -0.3 is 19.4 Å². The lowest BCUT2D eigenvalue weighted by Crippen LogP contribution is -2.62. The lowest BCUT2D eigenvalue weighted by Gasteiger charge is -2.59. The van der Waals surface area contributed by atoms with Gasteiger partial charge in [0.25, 0.3) is 0 Å². The molecule has 0 amide bonds. The second kappa shape index (κ2) is 5.71. The Hall–Kier alpha value is -1.59. The first-order valence-electron chi connectivity index (χ1n) is 9.17. The van der Waals surface area contributed by atoms with E-state index >= 15 is 0 Å². The summed E-state index contributed by atoms with van der Waals surface area (Å²) in [6.07, 6.45) is 5.78. The molecule has 5 heteroatoms. The van der Waals surface area contributed by atoms with E-state index in [4.69, 9.17) is 9.15 Å². The Morgan fingerprint density at radius 1 is 1.44 bits per heavy atom. The van der Waals surface area contributed by atoms with Gasteiger partial charge in [-0.1, -0.05) is 19.1 Å². The molecule has 2 N–H and O–H groups in total. The molecule has 5 nitrogen and oxygen atoms in total. The molecule has 1 aromatic heterocycles. The van der Waals surface area contributed by atoms with Crippen LogP contribution in [0.5, 0.6) is 0 Å². The van der Waals surface area contributed by atoms with Gasteiger partial charge in [0.2, 0.25) is 0 Å². The molecule has 0 radical (unpaired) electrons. The first-order valence-corrected chi connectivity index (χ1v) is 9.17. The third-order valence-electron chi connectivity index (χ3n) is 7.25. The Morgan fingerprint density at radius 2 is 2.24 bits per heavy atom. The van der Waals surface area contributed by atoms with E-state index in [1.165, 1.54) is 0 Å². The molecule has 25 heavy (non-hydrogen) atoms. The lowest BCUT2D eigenvalue weighted by molar-refractivity contribution is -0.180. The van der Waals surface area contributed by atoms with E-state index in [2.05, 4.69) is 6.58 Å². The van der Waals surface area contributed by atoms with Crippen LogP contribution in [0.2, 0.25) is 0 Å². The summed E-state index contributed by atoms with van der Waals surface area (Å²) in [4.78, 5) is 13.1. The van der Waals surface area contributed by atoms with E-state index in [-0.39, 0.29) is 30.5 Å². The van der Waals surface area contributed by atoms with Crippen molar-refractivity contribution in [3.8, 4) is 0 Å². The van der Waals surface area contributed by atoms with Crippen LogP contribution >= 0.6 is 0 Å². The van der Waals surface area contributed by atoms with Crippen LogP contribution in [-0.2, 0) is 9.53 Å². The van der Waals surface area contributed by atoms with E-state index in [1.807, 2.05) is 13.0 Å². The SMILES string of the molecule is C=C1CCC[C@H]2[C@@]1(CO)[C@@H](O)C[C@@H](C)[C@@]21C[C@@H](c2ccoc2)OC1=O. The van der Waals surface area contributed by atoms with Crippen LogP contribution in [0, 0.1) is 22.7 Å². The third-order valence-corrected chi connectivity index (χ3v) is 7.25. The number of furan rings is 1. The maximum absolute atomic E-state index is 13.1. The fraction of sp³-hybridized carbons (Fsp3) is 0.650. The predicted molar refractivity (Wildman–Crippen MR) is 90.4 cm³/mol. The number of esters is 1. The van der Waals surface area contributed by atoms with Gasteiger partial charge >= 0.3 is 5.97 Å². The van der Waals surface area contributed by atoms with E-state index < -0.39 is 16.9 Å². The van der Waals surface area contributed by atoms with Gasteiger partial charge in [-0.15, -0.1) is 0 Å². The lowest BCUT2D eigenvalue weighted by atomic mass is 9.44. The Morgan fingerprint density at radius 3 is 2.92 bits per heavy atom. The Balaban J connectivity index is 1.80. The Kier molecular flexibility index (Phi) is 3.85. The summed E-state index contributed by atoms with van der Waals surface area (Å²) in [6, 6.07) is 1.83. The summed E-state index contributed by atoms with van der Waals surface area (Å²) in [7, 11) is 0. The zero-order valence-electron chi connectivity index (χ0n) is 14.6. The first kappa shape index (κ1) is 16.9. The zero-order valence-corrected chi connectivity index (χ0v) is 14.6. The van der Waals surface area contributed by atoms with Crippen LogP contribution in [0.3, 0.4) is 0 Å². The molecule has 1 saturated heterocycles. The van der Waals surface area contributed by atoms with Crippen LogP contribution in [0.1, 0.15) is 50.7 Å². The van der Waals surface area contributed by atoms with E-state index in [1.54, 1.807) is 12.5 Å². The number of carbonyl (C=O) groups excluding carboxylic acids is 1. The monoisotopic (exact) mass is 346 g/mol. The third kappa shape index (κ3) is 2.05. The molecule has 6 atom stereocenters. The highest BCUT2D eigenvalue weighted by Crippen LogP contribution is 2.66. The van der Waals surface area contributed by atoms with Crippen molar-refractivity contribution in [3.63, 3.8) is 0 Å². The number of aliphatic hydroxyl groups is 2. The summed E-state index contributed by atoms with van der Waals surface area (Å²) < 4.78 is 10.9. The van der Waals surface area contributed by atoms with Crippen LogP contribution in [0.25, 0.3) is 0 Å². The molecular weight excluding hydrogens is 320 g/mol. The Bertz CT molecular complexity index is 680. The molecule has 0 unspecified atom stereocenters.